The van der Waals surface area contributed by atoms with E-state index in [1.165, 1.54) is 62.0 Å². The maximum Gasteiger partial charge on any atom is 0.277 e. The summed E-state index contributed by atoms with van der Waals surface area (Å²) in [6.07, 6.45) is 14.0. The lowest BCUT2D eigenvalue weighted by molar-refractivity contribution is -0.944. The highest BCUT2D eigenvalue weighted by Gasteiger charge is 2.56. The molecule has 2 saturated carbocycles. The topological polar surface area (TPSA) is 240 Å². The minimum Gasteiger partial charge on any atom is -0.748 e. The molecular formula is C50H74N8O11S. The van der Waals surface area contributed by atoms with Crippen LogP contribution in [0, 0.1) is 22.7 Å². The van der Waals surface area contributed by atoms with Crippen LogP contribution in [0.15, 0.2) is 36.4 Å². The molecule has 0 atom stereocenters. The molecule has 19 nitrogen and oxygen atoms in total. The van der Waals surface area contributed by atoms with Crippen LogP contribution >= 0.6 is 0 Å². The van der Waals surface area contributed by atoms with Gasteiger partial charge in [-0.3, -0.25) is 24.2 Å². The molecule has 3 amide bonds. The molecule has 0 unspecified atom stereocenters. The molecule has 2 bridgehead atoms. The maximum atomic E-state index is 11.9. The van der Waals surface area contributed by atoms with E-state index in [1.807, 2.05) is 43.1 Å². The number of piperazine rings is 3. The number of carbonyl (C=O) groups is 3. The van der Waals surface area contributed by atoms with Crippen LogP contribution in [0.1, 0.15) is 88.2 Å². The largest absolute Gasteiger partial charge is 0.748 e. The lowest BCUT2D eigenvalue weighted by Gasteiger charge is -2.44. The van der Waals surface area contributed by atoms with Crippen LogP contribution in [0.3, 0.4) is 0 Å². The number of phenols is 1. The van der Waals surface area contributed by atoms with E-state index in [1.54, 1.807) is 24.1 Å². The van der Waals surface area contributed by atoms with E-state index in [-0.39, 0.29) is 29.8 Å². The van der Waals surface area contributed by atoms with E-state index >= 15 is 0 Å². The van der Waals surface area contributed by atoms with Gasteiger partial charge in [-0.25, -0.2) is 8.42 Å². The van der Waals surface area contributed by atoms with Crippen molar-refractivity contribution in [2.75, 3.05) is 101 Å². The van der Waals surface area contributed by atoms with Gasteiger partial charge in [0.1, 0.15) is 0 Å². The van der Waals surface area contributed by atoms with Crippen molar-refractivity contribution in [3.63, 3.8) is 0 Å². The molecule has 386 valence electrons. The fourth-order valence-electron chi connectivity index (χ4n) is 10.8. The van der Waals surface area contributed by atoms with E-state index in [0.717, 1.165) is 103 Å². The Balaban J connectivity index is 0.000000176. The number of amides is 3. The third kappa shape index (κ3) is 15.6. The lowest BCUT2D eigenvalue weighted by Crippen LogP contribution is -2.63. The summed E-state index contributed by atoms with van der Waals surface area (Å²) in [5.74, 6) is 2.48. The second-order valence-electron chi connectivity index (χ2n) is 19.5. The first-order chi connectivity index (χ1) is 33.3. The molecule has 2 N–H and O–H groups in total. The summed E-state index contributed by atoms with van der Waals surface area (Å²) in [5, 5.41) is 36.0. The van der Waals surface area contributed by atoms with E-state index in [9.17, 15) is 19.5 Å². The van der Waals surface area contributed by atoms with Crippen molar-refractivity contribution in [3.8, 4) is 35.1 Å². The van der Waals surface area contributed by atoms with Crippen LogP contribution in [-0.2, 0) is 24.5 Å². The molecule has 0 radical (unpaired) electrons. The summed E-state index contributed by atoms with van der Waals surface area (Å²) in [6.45, 7) is 7.71. The normalized spacial score (nSPS) is 27.7. The third-order valence-corrected chi connectivity index (χ3v) is 15.0. The predicted octanol–water partition coefficient (Wildman–Crippen LogP) is 3.13. The number of nitrogens with zero attached hydrogens (tertiary/aromatic N) is 8. The number of quaternary nitrogens is 1. The molecule has 20 heteroatoms. The molecular weight excluding hydrogens is 921 g/mol. The van der Waals surface area contributed by atoms with Crippen molar-refractivity contribution in [2.45, 2.75) is 113 Å². The van der Waals surface area contributed by atoms with Crippen molar-refractivity contribution in [2.24, 2.45) is 0 Å². The van der Waals surface area contributed by atoms with E-state index in [4.69, 9.17) is 42.8 Å². The number of likely N-dealkylation sites (N-methyl/N-ethyl adjacent to an activating group) is 3. The summed E-state index contributed by atoms with van der Waals surface area (Å²) in [7, 11) is 4.79. The van der Waals surface area contributed by atoms with Gasteiger partial charge in [0.25, 0.3) is 5.91 Å². The first-order valence-electron chi connectivity index (χ1n) is 24.4. The van der Waals surface area contributed by atoms with E-state index in [2.05, 4.69) is 15.9 Å². The molecule has 2 aromatic rings. The number of benzene rings is 2. The van der Waals surface area contributed by atoms with Gasteiger partial charge in [0.05, 0.1) is 98.1 Å². The van der Waals surface area contributed by atoms with Gasteiger partial charge in [0.2, 0.25) is 11.8 Å². The number of phenolic OH excluding ortho intramolecular Hbond substituents is 1. The van der Waals surface area contributed by atoms with E-state index < -0.39 is 10.1 Å². The van der Waals surface area contributed by atoms with Crippen molar-refractivity contribution in [1.29, 1.82) is 10.5 Å². The van der Waals surface area contributed by atoms with Crippen molar-refractivity contribution in [3.05, 3.63) is 47.5 Å². The van der Waals surface area contributed by atoms with Crippen LogP contribution < -0.4 is 14.2 Å². The average molecular weight is 995 g/mol. The van der Waals surface area contributed by atoms with Gasteiger partial charge in [0.15, 0.2) is 29.5 Å². The first-order valence-corrected chi connectivity index (χ1v) is 26.3. The standard InChI is InChI=1S/C19H25N3O3.C11H20N2O2.C11H19N2O.C8H7NO2.CH4O3S/c1-21-9-10-22(13-19(21)23)15-4-6-16(7-5-15)25-17-8-3-14(12-20)11-18(17)24-2;1-12-6-7-13(8-11(12)15)9-2-4-10(14)5-3-9;1-12-6-7-13(8-11(12)14)9-2-3-10(13)5-4-9;1-11-8-4-6(5-9)2-3-7(8)10;1-5(2,3)4/h3,8,11,15-16H,4-7,9-10,13H2,1-2H3;9-10,14H,2-8H2,1H3;9-10H,2-8H2,1H3;2-4,10H,1H3;1H3,(H,2,3,4)/q;;+1;;/p-1. The molecule has 7 aliphatic rings. The third-order valence-electron chi connectivity index (χ3n) is 15.0. The van der Waals surface area contributed by atoms with Crippen LogP contribution in [0.5, 0.6) is 23.0 Å². The first kappa shape index (κ1) is 55.7. The Labute approximate surface area is 414 Å². The summed E-state index contributed by atoms with van der Waals surface area (Å²) >= 11 is 0. The molecule has 2 aliphatic carbocycles. The number of methoxy groups -OCH3 is 2. The highest BCUT2D eigenvalue weighted by Crippen LogP contribution is 2.45. The average Bonchev–Trinajstić information content (AvgIpc) is 3.84. The Bertz CT molecular complexity index is 2250. The lowest BCUT2D eigenvalue weighted by atomic mass is 9.91. The number of hydrogen-bond acceptors (Lipinski definition) is 15. The predicted molar refractivity (Wildman–Crippen MR) is 260 cm³/mol. The van der Waals surface area contributed by atoms with Gasteiger partial charge in [-0.1, -0.05) is 0 Å². The zero-order valence-corrected chi connectivity index (χ0v) is 42.6. The van der Waals surface area contributed by atoms with Crippen molar-refractivity contribution >= 4 is 27.8 Å². The second kappa shape index (κ2) is 25.8. The highest BCUT2D eigenvalue weighted by molar-refractivity contribution is 7.84. The summed E-state index contributed by atoms with van der Waals surface area (Å²) in [4.78, 5) is 45.3. The van der Waals surface area contributed by atoms with Gasteiger partial charge in [-0.05, 0) is 75.6 Å². The van der Waals surface area contributed by atoms with Gasteiger partial charge < -0.3 is 48.2 Å². The summed E-state index contributed by atoms with van der Waals surface area (Å²) < 4.78 is 44.6. The Morgan fingerprint density at radius 2 is 1.09 bits per heavy atom. The minimum absolute atomic E-state index is 0.0477. The smallest absolute Gasteiger partial charge is 0.277 e. The van der Waals surface area contributed by atoms with Gasteiger partial charge in [-0.15, -0.1) is 0 Å². The van der Waals surface area contributed by atoms with Gasteiger partial charge in [0, 0.05) is 103 Å². The molecule has 9 rings (SSSR count). The molecule has 5 aliphatic heterocycles. The quantitative estimate of drug-likeness (QED) is 0.312. The number of aliphatic hydroxyl groups is 1. The van der Waals surface area contributed by atoms with Crippen LogP contribution in [0.2, 0.25) is 0 Å². The number of carbonyl (C=O) groups excluding carboxylic acids is 3. The Hall–Kier alpha value is -5.22. The zero-order chi connectivity index (χ0) is 51.2. The summed E-state index contributed by atoms with van der Waals surface area (Å²) in [5.41, 5.74) is 1.03. The van der Waals surface area contributed by atoms with Crippen LogP contribution in [0.4, 0.5) is 0 Å². The molecule has 2 aromatic carbocycles. The molecule has 5 saturated heterocycles. The Morgan fingerprint density at radius 1 is 0.643 bits per heavy atom. The molecule has 7 fully saturated rings. The molecule has 5 heterocycles. The molecule has 1 spiro atoms. The van der Waals surface area contributed by atoms with Crippen molar-refractivity contribution in [1.82, 2.24) is 24.5 Å². The number of nitriles is 2. The molecule has 0 aromatic heterocycles. The van der Waals surface area contributed by atoms with E-state index in [0.29, 0.717) is 65.7 Å². The fourth-order valence-corrected chi connectivity index (χ4v) is 10.8. The number of hydrogen-bond donors (Lipinski definition) is 2. The number of aliphatic hydroxyl groups excluding tert-OH is 1. The fraction of sp³-hybridized carbons (Fsp3) is 0.660. The molecule has 70 heavy (non-hydrogen) atoms. The van der Waals surface area contributed by atoms with Crippen LogP contribution in [-0.4, -0.2) is 207 Å². The SMILES string of the molecule is CN1CCN(C2CCC(O)CC2)CC1=O.CN1CC[N+]2(CC1=O)C1CCC2CC1.COc1cc(C#N)ccc1O.COc1cc(C#N)ccc1OC1CCC(N2CCN(C)C(=O)C2)CC1.CS(=O)(=O)[O-]. The van der Waals surface area contributed by atoms with Gasteiger partial charge in [-0.2, -0.15) is 10.5 Å². The summed E-state index contributed by atoms with van der Waals surface area (Å²) in [6, 6.07) is 16.4. The second-order valence-corrected chi connectivity index (χ2v) is 20.9. The zero-order valence-electron chi connectivity index (χ0n) is 41.8. The Morgan fingerprint density at radius 3 is 1.53 bits per heavy atom. The maximum absolute atomic E-state index is 11.9. The van der Waals surface area contributed by atoms with Gasteiger partial charge >= 0.3 is 0 Å². The number of rotatable bonds is 6. The Kier molecular flexibility index (Phi) is 20.5. The highest BCUT2D eigenvalue weighted by atomic mass is 32.2. The monoisotopic (exact) mass is 995 g/mol. The van der Waals surface area contributed by atoms with Crippen LogP contribution in [0.25, 0.3) is 0 Å². The number of aromatic hydroxyl groups is 1. The minimum atomic E-state index is -3.92. The van der Waals surface area contributed by atoms with Crippen molar-refractivity contribution < 1.29 is 56.3 Å². The number of ether oxygens (including phenoxy) is 3.